The van der Waals surface area contributed by atoms with Crippen LogP contribution in [-0.4, -0.2) is 0 Å². The fraction of sp³-hybridized carbons (Fsp3) is 0. The van der Waals surface area contributed by atoms with Crippen molar-refractivity contribution in [1.29, 1.82) is 0 Å². The quantitative estimate of drug-likeness (QED) is 0.130. The Balaban J connectivity index is 0.000000175. The van der Waals surface area contributed by atoms with Gasteiger partial charge in [-0.15, -0.1) is 0 Å². The SMILES string of the molecule is Nc1ccc(Oc2ccc(Oc3ccc(N)cc3)cc2)cc1.Nc1ccc(Oc2ccc(Oc3ccc(N)cc3)cc2)cc1. The Morgan fingerprint density at radius 3 is 0.455 bits per heavy atom. The van der Waals surface area contributed by atoms with E-state index in [-0.39, 0.29) is 0 Å². The number of hydrogen-bond donors (Lipinski definition) is 4. The van der Waals surface area contributed by atoms with Gasteiger partial charge in [0.1, 0.15) is 46.0 Å². The number of nitrogen functional groups attached to an aromatic ring is 4. The Morgan fingerprint density at radius 2 is 0.318 bits per heavy atom. The highest BCUT2D eigenvalue weighted by Gasteiger charge is 2.02. The van der Waals surface area contributed by atoms with Gasteiger partial charge in [-0.1, -0.05) is 0 Å². The van der Waals surface area contributed by atoms with Gasteiger partial charge in [0.05, 0.1) is 0 Å². The Hall–Kier alpha value is -6.28. The molecule has 0 radical (unpaired) electrons. The standard InChI is InChI=1S/2C18H16N2O2/c2*19-13-1-5-15(6-2-13)21-17-9-11-18(12-10-17)22-16-7-3-14(20)4-8-16/h2*1-12H,19-20H2. The van der Waals surface area contributed by atoms with Crippen LogP contribution in [0.5, 0.6) is 46.0 Å². The lowest BCUT2D eigenvalue weighted by Crippen LogP contribution is -1.88. The fourth-order valence-corrected chi connectivity index (χ4v) is 3.84. The molecule has 220 valence electrons. The topological polar surface area (TPSA) is 141 Å². The van der Waals surface area contributed by atoms with Crippen LogP contribution in [0.2, 0.25) is 0 Å². The largest absolute Gasteiger partial charge is 0.457 e. The molecule has 0 bridgehead atoms. The van der Waals surface area contributed by atoms with Crippen LogP contribution in [0, 0.1) is 0 Å². The number of ether oxygens (including phenoxy) is 4. The van der Waals surface area contributed by atoms with E-state index >= 15 is 0 Å². The molecule has 0 aliphatic carbocycles. The van der Waals surface area contributed by atoms with Crippen LogP contribution >= 0.6 is 0 Å². The summed E-state index contributed by atoms with van der Waals surface area (Å²) in [5.74, 6) is 5.87. The van der Waals surface area contributed by atoms with Crippen molar-refractivity contribution in [2.24, 2.45) is 0 Å². The molecule has 0 heterocycles. The average Bonchev–Trinajstić information content (AvgIpc) is 3.04. The number of benzene rings is 6. The number of nitrogens with two attached hydrogens (primary N) is 4. The summed E-state index contributed by atoms with van der Waals surface area (Å²) in [6.07, 6.45) is 0. The molecule has 0 aromatic heterocycles. The first-order chi connectivity index (χ1) is 21.4. The van der Waals surface area contributed by atoms with Crippen molar-refractivity contribution in [3.8, 4) is 46.0 Å². The third kappa shape index (κ3) is 8.86. The Morgan fingerprint density at radius 1 is 0.205 bits per heavy atom. The zero-order chi connectivity index (χ0) is 30.7. The van der Waals surface area contributed by atoms with Gasteiger partial charge in [-0.25, -0.2) is 0 Å². The third-order valence-electron chi connectivity index (χ3n) is 6.11. The molecule has 8 N–H and O–H groups in total. The molecule has 6 aromatic rings. The van der Waals surface area contributed by atoms with Crippen LogP contribution in [0.1, 0.15) is 0 Å². The second-order valence-corrected chi connectivity index (χ2v) is 9.63. The summed E-state index contributed by atoms with van der Waals surface area (Å²) in [6.45, 7) is 0. The summed E-state index contributed by atoms with van der Waals surface area (Å²) in [4.78, 5) is 0. The minimum atomic E-state index is 0.708. The smallest absolute Gasteiger partial charge is 0.127 e. The molecule has 0 aliphatic heterocycles. The van der Waals surface area contributed by atoms with Crippen molar-refractivity contribution >= 4 is 22.7 Å². The second-order valence-electron chi connectivity index (χ2n) is 9.63. The van der Waals surface area contributed by atoms with Crippen LogP contribution in [0.4, 0.5) is 22.7 Å². The number of rotatable bonds is 8. The Bertz CT molecular complexity index is 1470. The lowest BCUT2D eigenvalue weighted by atomic mass is 10.3. The van der Waals surface area contributed by atoms with Gasteiger partial charge in [0.25, 0.3) is 0 Å². The second kappa shape index (κ2) is 14.1. The molecule has 0 aliphatic rings. The molecule has 8 heteroatoms. The molecule has 6 rings (SSSR count). The van der Waals surface area contributed by atoms with Crippen LogP contribution < -0.4 is 41.9 Å². The summed E-state index contributed by atoms with van der Waals surface area (Å²) >= 11 is 0. The highest BCUT2D eigenvalue weighted by atomic mass is 16.5. The van der Waals surface area contributed by atoms with E-state index in [1.54, 1.807) is 48.5 Å². The molecule has 8 nitrogen and oxygen atoms in total. The Kier molecular flexibility index (Phi) is 9.34. The van der Waals surface area contributed by atoms with Crippen LogP contribution in [-0.2, 0) is 0 Å². The molecule has 0 saturated heterocycles. The van der Waals surface area contributed by atoms with Crippen LogP contribution in [0.3, 0.4) is 0 Å². The van der Waals surface area contributed by atoms with Crippen molar-refractivity contribution in [3.05, 3.63) is 146 Å². The summed E-state index contributed by atoms with van der Waals surface area (Å²) in [6, 6.07) is 43.8. The maximum absolute atomic E-state index is 5.73. The molecule has 44 heavy (non-hydrogen) atoms. The first kappa shape index (κ1) is 29.2. The summed E-state index contributed by atoms with van der Waals surface area (Å²) in [7, 11) is 0. The number of anilines is 4. The summed E-state index contributed by atoms with van der Waals surface area (Å²) in [5, 5.41) is 0. The highest BCUT2D eigenvalue weighted by Crippen LogP contribution is 2.29. The molecule has 0 unspecified atom stereocenters. The van der Waals surface area contributed by atoms with E-state index in [1.165, 1.54) is 0 Å². The van der Waals surface area contributed by atoms with Crippen LogP contribution in [0.15, 0.2) is 146 Å². The molecule has 0 atom stereocenters. The lowest BCUT2D eigenvalue weighted by molar-refractivity contribution is 0.469. The summed E-state index contributed by atoms with van der Waals surface area (Å²) < 4.78 is 22.9. The van der Waals surface area contributed by atoms with Crippen molar-refractivity contribution in [3.63, 3.8) is 0 Å². The summed E-state index contributed by atoms with van der Waals surface area (Å²) in [5.41, 5.74) is 25.4. The van der Waals surface area contributed by atoms with Gasteiger partial charge in [0.2, 0.25) is 0 Å². The van der Waals surface area contributed by atoms with Crippen LogP contribution in [0.25, 0.3) is 0 Å². The van der Waals surface area contributed by atoms with Gasteiger partial charge >= 0.3 is 0 Å². The molecular formula is C36H32N4O4. The normalized spacial score (nSPS) is 10.2. The molecular weight excluding hydrogens is 552 g/mol. The van der Waals surface area contributed by atoms with Gasteiger partial charge in [-0.2, -0.15) is 0 Å². The highest BCUT2D eigenvalue weighted by molar-refractivity contribution is 5.47. The van der Waals surface area contributed by atoms with E-state index in [9.17, 15) is 0 Å². The van der Waals surface area contributed by atoms with Gasteiger partial charge in [0.15, 0.2) is 0 Å². The maximum Gasteiger partial charge on any atom is 0.127 e. The predicted molar refractivity (Wildman–Crippen MR) is 177 cm³/mol. The molecule has 6 aromatic carbocycles. The molecule has 0 saturated carbocycles. The minimum Gasteiger partial charge on any atom is -0.457 e. The van der Waals surface area contributed by atoms with E-state index < -0.39 is 0 Å². The van der Waals surface area contributed by atoms with E-state index in [0.29, 0.717) is 22.7 Å². The monoisotopic (exact) mass is 584 g/mol. The van der Waals surface area contributed by atoms with E-state index in [0.717, 1.165) is 46.0 Å². The van der Waals surface area contributed by atoms with Crippen molar-refractivity contribution in [1.82, 2.24) is 0 Å². The van der Waals surface area contributed by atoms with Crippen molar-refractivity contribution in [2.45, 2.75) is 0 Å². The first-order valence-corrected chi connectivity index (χ1v) is 13.7. The van der Waals surface area contributed by atoms with Crippen molar-refractivity contribution in [2.75, 3.05) is 22.9 Å². The van der Waals surface area contributed by atoms with Gasteiger partial charge in [0, 0.05) is 22.7 Å². The lowest BCUT2D eigenvalue weighted by Gasteiger charge is -2.08. The van der Waals surface area contributed by atoms with Gasteiger partial charge in [-0.3, -0.25) is 0 Å². The van der Waals surface area contributed by atoms with Gasteiger partial charge in [-0.05, 0) is 146 Å². The molecule has 0 spiro atoms. The Labute approximate surface area is 256 Å². The van der Waals surface area contributed by atoms with Crippen molar-refractivity contribution < 1.29 is 18.9 Å². The van der Waals surface area contributed by atoms with E-state index in [2.05, 4.69) is 0 Å². The van der Waals surface area contributed by atoms with Gasteiger partial charge < -0.3 is 41.9 Å². The zero-order valence-corrected chi connectivity index (χ0v) is 23.8. The number of hydrogen-bond acceptors (Lipinski definition) is 8. The zero-order valence-electron chi connectivity index (χ0n) is 23.8. The van der Waals surface area contributed by atoms with E-state index in [4.69, 9.17) is 41.9 Å². The van der Waals surface area contributed by atoms with E-state index in [1.807, 2.05) is 97.1 Å². The third-order valence-corrected chi connectivity index (χ3v) is 6.11. The first-order valence-electron chi connectivity index (χ1n) is 13.7. The molecule has 0 fully saturated rings. The average molecular weight is 585 g/mol. The minimum absolute atomic E-state index is 0.708. The molecule has 0 amide bonds. The maximum atomic E-state index is 5.73. The predicted octanol–water partition coefficient (Wildman–Crippen LogP) is 8.87. The fourth-order valence-electron chi connectivity index (χ4n) is 3.84.